The fourth-order valence-electron chi connectivity index (χ4n) is 2.75. The molecule has 0 atom stereocenters. The van der Waals surface area contributed by atoms with Gasteiger partial charge in [-0.05, 0) is 48.9 Å². The van der Waals surface area contributed by atoms with Crippen LogP contribution in [0, 0.1) is 29.9 Å². The van der Waals surface area contributed by atoms with Crippen LogP contribution in [0.2, 0.25) is 0 Å². The molecule has 0 N–H and O–H groups in total. The van der Waals surface area contributed by atoms with E-state index in [0.29, 0.717) is 5.56 Å². The van der Waals surface area contributed by atoms with Gasteiger partial charge in [-0.15, -0.1) is 0 Å². The maximum atomic E-state index is 13.8. The molecule has 0 amide bonds. The molecule has 0 aliphatic heterocycles. The number of nitrogens with zero attached hydrogens (tertiary/aromatic N) is 3. The number of ketones is 1. The van der Waals surface area contributed by atoms with E-state index in [4.69, 9.17) is 0 Å². The van der Waals surface area contributed by atoms with E-state index in [0.717, 1.165) is 35.0 Å². The molecule has 1 aromatic heterocycles. The molecule has 0 bridgehead atoms. The lowest BCUT2D eigenvalue weighted by Gasteiger charge is -2.10. The Morgan fingerprint density at radius 2 is 1.80 bits per heavy atom. The number of allylic oxidation sites excluding steroid dienone is 1. The van der Waals surface area contributed by atoms with Gasteiger partial charge in [-0.1, -0.05) is 18.2 Å². The monoisotopic (exact) mass is 417 g/mol. The summed E-state index contributed by atoms with van der Waals surface area (Å²) in [6.07, 6.45) is -3.47. The predicted octanol–water partition coefficient (Wildman–Crippen LogP) is 5.27. The van der Waals surface area contributed by atoms with Crippen molar-refractivity contribution in [1.82, 2.24) is 9.78 Å². The molecule has 152 valence electrons. The molecule has 2 aromatic carbocycles. The Balaban J connectivity index is 1.95. The van der Waals surface area contributed by atoms with Crippen LogP contribution in [-0.4, -0.2) is 15.6 Å². The van der Waals surface area contributed by atoms with Crippen molar-refractivity contribution in [2.24, 2.45) is 0 Å². The van der Waals surface area contributed by atoms with Crippen molar-refractivity contribution in [2.45, 2.75) is 13.1 Å². The van der Waals surface area contributed by atoms with Crippen molar-refractivity contribution in [3.8, 4) is 11.8 Å². The minimum absolute atomic E-state index is 0.119. The molecule has 0 aliphatic rings. The van der Waals surface area contributed by atoms with Crippen LogP contribution in [0.15, 0.2) is 54.1 Å². The number of nitriles is 1. The number of hydrogen-bond donors (Lipinski definition) is 0. The van der Waals surface area contributed by atoms with Gasteiger partial charge < -0.3 is 0 Å². The van der Waals surface area contributed by atoms with Gasteiger partial charge in [-0.3, -0.25) is 4.79 Å². The number of aryl methyl sites for hydroxylation is 1. The molecule has 0 aliphatic carbocycles. The van der Waals surface area contributed by atoms with E-state index in [1.807, 2.05) is 0 Å². The summed E-state index contributed by atoms with van der Waals surface area (Å²) < 4.78 is 67.4. The first-order chi connectivity index (χ1) is 14.1. The quantitative estimate of drug-likeness (QED) is 0.252. The Bertz CT molecular complexity index is 1180. The largest absolute Gasteiger partial charge is 0.433 e. The third-order valence-corrected chi connectivity index (χ3v) is 4.13. The first kappa shape index (κ1) is 20.9. The Kier molecular flexibility index (Phi) is 5.52. The predicted molar refractivity (Wildman–Crippen MR) is 97.6 cm³/mol. The third-order valence-electron chi connectivity index (χ3n) is 4.13. The second-order valence-corrected chi connectivity index (χ2v) is 6.27. The van der Waals surface area contributed by atoms with E-state index in [9.17, 15) is 32.0 Å². The van der Waals surface area contributed by atoms with E-state index in [1.165, 1.54) is 31.2 Å². The number of Topliss-reactive ketones (excluding diaryl/α,β-unsaturated/α-hetero) is 1. The van der Waals surface area contributed by atoms with E-state index in [1.54, 1.807) is 6.07 Å². The summed E-state index contributed by atoms with van der Waals surface area (Å²) in [6.45, 7) is 1.43. The maximum Gasteiger partial charge on any atom is 0.433 e. The highest BCUT2D eigenvalue weighted by Gasteiger charge is 2.35. The molecule has 0 unspecified atom stereocenters. The van der Waals surface area contributed by atoms with Crippen LogP contribution in [0.25, 0.3) is 11.8 Å². The smallest absolute Gasteiger partial charge is 0.288 e. The number of hydrogen-bond acceptors (Lipinski definition) is 3. The zero-order valence-electron chi connectivity index (χ0n) is 15.3. The molecule has 0 spiro atoms. The van der Waals surface area contributed by atoms with Gasteiger partial charge in [0.05, 0.1) is 16.9 Å². The van der Waals surface area contributed by atoms with Crippen LogP contribution in [0.5, 0.6) is 0 Å². The van der Waals surface area contributed by atoms with Gasteiger partial charge in [0.2, 0.25) is 5.78 Å². The molecule has 1 heterocycles. The van der Waals surface area contributed by atoms with Gasteiger partial charge in [0.1, 0.15) is 17.3 Å². The number of halogens is 5. The zero-order chi connectivity index (χ0) is 22.1. The molecule has 30 heavy (non-hydrogen) atoms. The highest BCUT2D eigenvalue weighted by Crippen LogP contribution is 2.31. The molecule has 0 saturated heterocycles. The molecular weight excluding hydrogens is 405 g/mol. The summed E-state index contributed by atoms with van der Waals surface area (Å²) in [5.41, 5.74) is -1.40. The lowest BCUT2D eigenvalue weighted by molar-refractivity contribution is -0.142. The fourth-order valence-corrected chi connectivity index (χ4v) is 2.75. The normalized spacial score (nSPS) is 12.0. The molecule has 9 heteroatoms. The van der Waals surface area contributed by atoms with Crippen molar-refractivity contribution >= 4 is 11.9 Å². The second-order valence-electron chi connectivity index (χ2n) is 6.27. The number of aromatic nitrogens is 2. The molecule has 4 nitrogen and oxygen atoms in total. The molecule has 0 saturated carbocycles. The minimum Gasteiger partial charge on any atom is -0.288 e. The Morgan fingerprint density at radius 3 is 2.40 bits per heavy atom. The van der Waals surface area contributed by atoms with Crippen molar-refractivity contribution < 1.29 is 26.7 Å². The summed E-state index contributed by atoms with van der Waals surface area (Å²) >= 11 is 0. The van der Waals surface area contributed by atoms with E-state index >= 15 is 0 Å². The minimum atomic E-state index is -4.60. The molecule has 0 fully saturated rings. The highest BCUT2D eigenvalue weighted by atomic mass is 19.4. The second kappa shape index (κ2) is 7.91. The SMILES string of the molecule is Cc1cc(C(F)(F)F)n(-c2ccc(C=C(C#N)C(=O)c3cccc(F)c3F)cc2)n1. The lowest BCUT2D eigenvalue weighted by Crippen LogP contribution is -2.13. The van der Waals surface area contributed by atoms with Crippen molar-refractivity contribution in [1.29, 1.82) is 5.26 Å². The summed E-state index contributed by atoms with van der Waals surface area (Å²) in [4.78, 5) is 12.4. The lowest BCUT2D eigenvalue weighted by atomic mass is 10.0. The van der Waals surface area contributed by atoms with Crippen LogP contribution in [-0.2, 0) is 6.18 Å². The first-order valence-electron chi connectivity index (χ1n) is 8.46. The third kappa shape index (κ3) is 4.12. The van der Waals surface area contributed by atoms with Crippen LogP contribution < -0.4 is 0 Å². The van der Waals surface area contributed by atoms with Crippen LogP contribution in [0.4, 0.5) is 22.0 Å². The van der Waals surface area contributed by atoms with Gasteiger partial charge in [0.25, 0.3) is 0 Å². The summed E-state index contributed by atoms with van der Waals surface area (Å²) in [6, 6.07) is 11.0. The average molecular weight is 417 g/mol. The maximum absolute atomic E-state index is 13.8. The number of alkyl halides is 3. The van der Waals surface area contributed by atoms with Crippen LogP contribution in [0.1, 0.15) is 27.3 Å². The Hall–Kier alpha value is -3.80. The fraction of sp³-hybridized carbons (Fsp3) is 0.0952. The summed E-state index contributed by atoms with van der Waals surface area (Å²) in [5, 5.41) is 13.1. The zero-order valence-corrected chi connectivity index (χ0v) is 15.3. The van der Waals surface area contributed by atoms with Crippen molar-refractivity contribution in [2.75, 3.05) is 0 Å². The molecule has 0 radical (unpaired) electrons. The summed E-state index contributed by atoms with van der Waals surface area (Å²) in [5.74, 6) is -3.61. The van der Waals surface area contributed by atoms with Crippen molar-refractivity contribution in [3.63, 3.8) is 0 Å². The summed E-state index contributed by atoms with van der Waals surface area (Å²) in [7, 11) is 0. The molecular formula is C21H12F5N3O. The number of carbonyl (C=O) groups is 1. The van der Waals surface area contributed by atoms with Gasteiger partial charge >= 0.3 is 6.18 Å². The number of benzene rings is 2. The van der Waals surface area contributed by atoms with Gasteiger partial charge in [0.15, 0.2) is 11.6 Å². The standard InChI is InChI=1S/C21H12F5N3O/c1-12-9-18(21(24,25)26)29(28-12)15-7-5-13(6-8-15)10-14(11-27)20(30)16-3-2-4-17(22)19(16)23/h2-10H,1H3. The van der Waals surface area contributed by atoms with Gasteiger partial charge in [-0.2, -0.15) is 23.5 Å². The number of rotatable bonds is 4. The van der Waals surface area contributed by atoms with Crippen LogP contribution >= 0.6 is 0 Å². The highest BCUT2D eigenvalue weighted by molar-refractivity contribution is 6.14. The van der Waals surface area contributed by atoms with Crippen molar-refractivity contribution in [3.05, 3.63) is 88.3 Å². The van der Waals surface area contributed by atoms with Gasteiger partial charge in [-0.25, -0.2) is 13.5 Å². The van der Waals surface area contributed by atoms with Crippen LogP contribution in [0.3, 0.4) is 0 Å². The molecule has 3 aromatic rings. The van der Waals surface area contributed by atoms with E-state index in [-0.39, 0.29) is 11.4 Å². The Morgan fingerprint density at radius 1 is 1.13 bits per heavy atom. The Labute approximate surface area is 167 Å². The number of carbonyl (C=O) groups excluding carboxylic acids is 1. The van der Waals surface area contributed by atoms with E-state index < -0.39 is 40.4 Å². The average Bonchev–Trinajstić information content (AvgIpc) is 3.10. The van der Waals surface area contributed by atoms with E-state index in [2.05, 4.69) is 5.10 Å². The first-order valence-corrected chi connectivity index (χ1v) is 8.46. The van der Waals surface area contributed by atoms with Gasteiger partial charge in [0, 0.05) is 0 Å². The molecule has 3 rings (SSSR count). The topological polar surface area (TPSA) is 58.7 Å².